The fourth-order valence-electron chi connectivity index (χ4n) is 2.57. The van der Waals surface area contributed by atoms with Crippen LogP contribution in [0.3, 0.4) is 0 Å². The highest BCUT2D eigenvalue weighted by molar-refractivity contribution is 7.89. The van der Waals surface area contributed by atoms with Crippen molar-refractivity contribution in [2.24, 2.45) is 0 Å². The molecule has 2 N–H and O–H groups in total. The Hall–Kier alpha value is -2.72. The molecule has 0 unspecified atom stereocenters. The molecule has 0 bridgehead atoms. The van der Waals surface area contributed by atoms with Gasteiger partial charge in [0.1, 0.15) is 16.6 Å². The molecule has 10 heteroatoms. The molecule has 2 aromatic rings. The molecule has 1 aromatic heterocycles. The number of ether oxygens (including phenoxy) is 1. The van der Waals surface area contributed by atoms with Crippen LogP contribution < -0.4 is 10.0 Å². The molecule has 0 fully saturated rings. The molecule has 0 saturated heterocycles. The van der Waals surface area contributed by atoms with Crippen molar-refractivity contribution in [1.82, 2.24) is 15.2 Å². The summed E-state index contributed by atoms with van der Waals surface area (Å²) in [5.41, 5.74) is 2.19. The number of amides is 1. The molecule has 2 rings (SSSR count). The van der Waals surface area contributed by atoms with Crippen LogP contribution in [0.5, 0.6) is 0 Å². The van der Waals surface area contributed by atoms with Crippen molar-refractivity contribution in [3.8, 4) is 0 Å². The highest BCUT2D eigenvalue weighted by atomic mass is 32.2. The Morgan fingerprint density at radius 2 is 1.76 bits per heavy atom. The van der Waals surface area contributed by atoms with Gasteiger partial charge in [-0.1, -0.05) is 35.0 Å². The summed E-state index contributed by atoms with van der Waals surface area (Å²) < 4.78 is 37.1. The van der Waals surface area contributed by atoms with Crippen molar-refractivity contribution in [3.05, 3.63) is 46.8 Å². The Balaban J connectivity index is 1.90. The standard InChI is InChI=1S/C19H25N3O6S/c1-11-6-8-16(9-7-11)10-20-18(23)15(5)27-19(24)13(3)22-29(25,26)17-12(2)21-28-14(17)4/h6-9,13,15,22H,10H2,1-5H3,(H,20,23)/t13-,15-/m0/s1. The lowest BCUT2D eigenvalue weighted by molar-refractivity contribution is -0.156. The Morgan fingerprint density at radius 3 is 2.31 bits per heavy atom. The van der Waals surface area contributed by atoms with E-state index in [0.717, 1.165) is 11.1 Å². The molecule has 0 aliphatic heterocycles. The number of aryl methyl sites for hydroxylation is 3. The predicted molar refractivity (Wildman–Crippen MR) is 104 cm³/mol. The maximum absolute atomic E-state index is 12.5. The monoisotopic (exact) mass is 423 g/mol. The van der Waals surface area contributed by atoms with Crippen LogP contribution in [0.2, 0.25) is 0 Å². The molecule has 2 atom stereocenters. The molecule has 0 aliphatic rings. The number of carbonyl (C=O) groups is 2. The van der Waals surface area contributed by atoms with Gasteiger partial charge in [0.25, 0.3) is 5.91 Å². The molecule has 0 spiro atoms. The van der Waals surface area contributed by atoms with E-state index in [1.807, 2.05) is 31.2 Å². The Kier molecular flexibility index (Phi) is 7.15. The molecule has 0 radical (unpaired) electrons. The van der Waals surface area contributed by atoms with Crippen molar-refractivity contribution in [2.75, 3.05) is 0 Å². The third kappa shape index (κ3) is 5.88. The molecule has 158 valence electrons. The average Bonchev–Trinajstić information content (AvgIpc) is 2.99. The van der Waals surface area contributed by atoms with Crippen molar-refractivity contribution >= 4 is 21.9 Å². The second-order valence-corrected chi connectivity index (χ2v) is 8.43. The first-order valence-corrected chi connectivity index (χ1v) is 10.5. The maximum Gasteiger partial charge on any atom is 0.324 e. The lowest BCUT2D eigenvalue weighted by Gasteiger charge is -2.17. The van der Waals surface area contributed by atoms with E-state index < -0.39 is 34.0 Å². The zero-order chi connectivity index (χ0) is 21.8. The van der Waals surface area contributed by atoms with Gasteiger partial charge in [-0.3, -0.25) is 9.59 Å². The molecule has 0 saturated carbocycles. The van der Waals surface area contributed by atoms with Gasteiger partial charge in [0.15, 0.2) is 11.9 Å². The van der Waals surface area contributed by atoms with Crippen LogP contribution in [0.25, 0.3) is 0 Å². The van der Waals surface area contributed by atoms with Gasteiger partial charge in [0.2, 0.25) is 10.0 Å². The summed E-state index contributed by atoms with van der Waals surface area (Å²) in [6, 6.07) is 6.42. The van der Waals surface area contributed by atoms with Gasteiger partial charge >= 0.3 is 5.97 Å². The van der Waals surface area contributed by atoms with E-state index in [1.165, 1.54) is 27.7 Å². The molecule has 9 nitrogen and oxygen atoms in total. The van der Waals surface area contributed by atoms with Crippen LogP contribution in [0.15, 0.2) is 33.7 Å². The Morgan fingerprint density at radius 1 is 1.14 bits per heavy atom. The number of aromatic nitrogens is 1. The van der Waals surface area contributed by atoms with Crippen molar-refractivity contribution < 1.29 is 27.3 Å². The van der Waals surface area contributed by atoms with E-state index in [2.05, 4.69) is 15.2 Å². The van der Waals surface area contributed by atoms with E-state index in [-0.39, 0.29) is 22.9 Å². The van der Waals surface area contributed by atoms with Crippen LogP contribution in [-0.2, 0) is 30.9 Å². The minimum absolute atomic E-state index is 0.111. The highest BCUT2D eigenvalue weighted by Gasteiger charge is 2.30. The lowest BCUT2D eigenvalue weighted by Crippen LogP contribution is -2.43. The van der Waals surface area contributed by atoms with E-state index in [0.29, 0.717) is 0 Å². The Bertz CT molecular complexity index is 962. The molecule has 1 amide bonds. The van der Waals surface area contributed by atoms with Crippen molar-refractivity contribution in [2.45, 2.75) is 58.2 Å². The number of nitrogens with zero attached hydrogens (tertiary/aromatic N) is 1. The molecule has 1 heterocycles. The second-order valence-electron chi connectivity index (χ2n) is 6.78. The van der Waals surface area contributed by atoms with Gasteiger partial charge in [-0.2, -0.15) is 4.72 Å². The lowest BCUT2D eigenvalue weighted by atomic mass is 10.1. The van der Waals surface area contributed by atoms with Crippen LogP contribution in [-0.4, -0.2) is 37.6 Å². The van der Waals surface area contributed by atoms with Crippen molar-refractivity contribution in [1.29, 1.82) is 0 Å². The van der Waals surface area contributed by atoms with Gasteiger partial charge in [-0.05, 0) is 40.2 Å². The summed E-state index contributed by atoms with van der Waals surface area (Å²) in [6.07, 6.45) is -1.08. The summed E-state index contributed by atoms with van der Waals surface area (Å²) in [6.45, 7) is 7.93. The summed E-state index contributed by atoms with van der Waals surface area (Å²) in [4.78, 5) is 24.2. The summed E-state index contributed by atoms with van der Waals surface area (Å²) in [7, 11) is -4.04. The maximum atomic E-state index is 12.5. The number of nitrogens with one attached hydrogen (secondary N) is 2. The summed E-state index contributed by atoms with van der Waals surface area (Å²) in [5.74, 6) is -1.25. The molecular weight excluding hydrogens is 398 g/mol. The van der Waals surface area contributed by atoms with Crippen LogP contribution in [0.4, 0.5) is 0 Å². The number of benzene rings is 1. The minimum Gasteiger partial charge on any atom is -0.451 e. The molecule has 29 heavy (non-hydrogen) atoms. The van der Waals surface area contributed by atoms with E-state index >= 15 is 0 Å². The third-order valence-corrected chi connectivity index (χ3v) is 5.96. The second kappa shape index (κ2) is 9.19. The van der Waals surface area contributed by atoms with Gasteiger partial charge in [0, 0.05) is 6.54 Å². The van der Waals surface area contributed by atoms with Crippen LogP contribution in [0.1, 0.15) is 36.4 Å². The van der Waals surface area contributed by atoms with Crippen molar-refractivity contribution in [3.63, 3.8) is 0 Å². The first kappa shape index (κ1) is 22.6. The number of esters is 1. The van der Waals surface area contributed by atoms with Gasteiger partial charge in [-0.25, -0.2) is 8.42 Å². The SMILES string of the molecule is Cc1ccc(CNC(=O)[C@H](C)OC(=O)[C@H](C)NS(=O)(=O)c2c(C)noc2C)cc1. The number of sulfonamides is 1. The average molecular weight is 423 g/mol. The number of hydrogen-bond acceptors (Lipinski definition) is 7. The third-order valence-electron chi connectivity index (χ3n) is 4.17. The molecule has 1 aromatic carbocycles. The molecule has 0 aliphatic carbocycles. The minimum atomic E-state index is -4.04. The number of carbonyl (C=O) groups excluding carboxylic acids is 2. The van der Waals surface area contributed by atoms with Crippen LogP contribution >= 0.6 is 0 Å². The topological polar surface area (TPSA) is 128 Å². The van der Waals surface area contributed by atoms with Gasteiger partial charge in [-0.15, -0.1) is 0 Å². The summed E-state index contributed by atoms with van der Waals surface area (Å²) >= 11 is 0. The first-order chi connectivity index (χ1) is 13.5. The zero-order valence-corrected chi connectivity index (χ0v) is 17.8. The first-order valence-electron chi connectivity index (χ1n) is 9.00. The van der Waals surface area contributed by atoms with Gasteiger partial charge in [0.05, 0.1) is 0 Å². The van der Waals surface area contributed by atoms with E-state index in [9.17, 15) is 18.0 Å². The van der Waals surface area contributed by atoms with E-state index in [1.54, 1.807) is 0 Å². The number of rotatable bonds is 8. The zero-order valence-electron chi connectivity index (χ0n) is 17.0. The predicted octanol–water partition coefficient (Wildman–Crippen LogP) is 1.51. The number of hydrogen-bond donors (Lipinski definition) is 2. The quantitative estimate of drug-likeness (QED) is 0.616. The fraction of sp³-hybridized carbons (Fsp3) is 0.421. The van der Waals surface area contributed by atoms with Crippen LogP contribution in [0, 0.1) is 20.8 Å². The largest absolute Gasteiger partial charge is 0.451 e. The molecular formula is C19H25N3O6S. The summed E-state index contributed by atoms with van der Waals surface area (Å²) in [5, 5.41) is 6.27. The van der Waals surface area contributed by atoms with Gasteiger partial charge < -0.3 is 14.6 Å². The van der Waals surface area contributed by atoms with E-state index in [4.69, 9.17) is 9.26 Å². The fourth-order valence-corrected chi connectivity index (χ4v) is 4.09. The normalized spacial score (nSPS) is 13.6. The smallest absolute Gasteiger partial charge is 0.324 e. The Labute approximate surface area is 169 Å². The highest BCUT2D eigenvalue weighted by Crippen LogP contribution is 2.19.